The van der Waals surface area contributed by atoms with Crippen LogP contribution in [-0.4, -0.2) is 35.0 Å². The molecule has 1 heterocycles. The summed E-state index contributed by atoms with van der Waals surface area (Å²) in [5.74, 6) is -1.56. The van der Waals surface area contributed by atoms with Crippen LogP contribution in [0.1, 0.15) is 28.4 Å². The average molecular weight is 542 g/mol. The number of hydrogen-bond acceptors (Lipinski definition) is 5. The summed E-state index contributed by atoms with van der Waals surface area (Å²) in [6, 6.07) is 26.4. The van der Waals surface area contributed by atoms with E-state index in [0.29, 0.717) is 22.6 Å². The van der Waals surface area contributed by atoms with Crippen LogP contribution in [0.5, 0.6) is 17.2 Å². The molecule has 0 fully saturated rings. The van der Waals surface area contributed by atoms with E-state index >= 15 is 0 Å². The molecule has 7 nitrogen and oxygen atoms in total. The minimum atomic E-state index is -1.26. The average Bonchev–Trinajstić information content (AvgIpc) is 2.99. The zero-order valence-corrected chi connectivity index (χ0v) is 21.8. The molecule has 0 aliphatic carbocycles. The number of aliphatic carboxylic acids is 1. The number of carbonyl (C=O) groups excluding carboxylic acids is 1. The number of methoxy groups -OCH3 is 1. The molecule has 0 radical (unpaired) electrons. The van der Waals surface area contributed by atoms with Gasteiger partial charge in [-0.05, 0) is 29.3 Å². The highest BCUT2D eigenvalue weighted by Crippen LogP contribution is 2.40. The van der Waals surface area contributed by atoms with Crippen LogP contribution in [0.4, 0.5) is 4.39 Å². The van der Waals surface area contributed by atoms with Gasteiger partial charge in [0.25, 0.3) is 5.91 Å². The van der Waals surface area contributed by atoms with E-state index in [9.17, 15) is 19.1 Å². The van der Waals surface area contributed by atoms with E-state index < -0.39 is 29.8 Å². The Morgan fingerprint density at radius 2 is 1.60 bits per heavy atom. The summed E-state index contributed by atoms with van der Waals surface area (Å²) in [5, 5.41) is 10.2. The van der Waals surface area contributed by atoms with Gasteiger partial charge in [0, 0.05) is 24.1 Å². The second-order valence-electron chi connectivity index (χ2n) is 9.37. The molecule has 2 atom stereocenters. The molecule has 1 aliphatic heterocycles. The number of nitrogens with zero attached hydrogens (tertiary/aromatic N) is 1. The van der Waals surface area contributed by atoms with Gasteiger partial charge in [-0.25, -0.2) is 9.18 Å². The number of carboxylic acid groups (broad SMARTS) is 1. The summed E-state index contributed by atoms with van der Waals surface area (Å²) in [6.45, 7) is 0.265. The van der Waals surface area contributed by atoms with Crippen LogP contribution in [0.15, 0.2) is 97.1 Å². The van der Waals surface area contributed by atoms with E-state index in [0.717, 1.165) is 11.1 Å². The number of carbonyl (C=O) groups is 2. The van der Waals surface area contributed by atoms with Gasteiger partial charge in [-0.15, -0.1) is 0 Å². The molecule has 8 heteroatoms. The minimum absolute atomic E-state index is 0.000784. The highest BCUT2D eigenvalue weighted by atomic mass is 19.1. The predicted molar refractivity (Wildman–Crippen MR) is 146 cm³/mol. The largest absolute Gasteiger partial charge is 0.493 e. The van der Waals surface area contributed by atoms with E-state index in [2.05, 4.69) is 0 Å². The Balaban J connectivity index is 1.49. The Labute approximate surface area is 231 Å². The van der Waals surface area contributed by atoms with Crippen LogP contribution in [-0.2, 0) is 29.2 Å². The minimum Gasteiger partial charge on any atom is -0.493 e. The first-order chi connectivity index (χ1) is 19.5. The molecule has 0 unspecified atom stereocenters. The van der Waals surface area contributed by atoms with Crippen molar-refractivity contribution in [1.82, 2.24) is 4.90 Å². The summed E-state index contributed by atoms with van der Waals surface area (Å²) < 4.78 is 32.1. The number of benzene rings is 4. The zero-order chi connectivity index (χ0) is 28.1. The van der Waals surface area contributed by atoms with E-state index in [1.54, 1.807) is 48.5 Å². The zero-order valence-electron chi connectivity index (χ0n) is 21.8. The molecular formula is C32H28FNO6. The van der Waals surface area contributed by atoms with Crippen molar-refractivity contribution in [2.75, 3.05) is 7.11 Å². The molecule has 0 saturated carbocycles. The van der Waals surface area contributed by atoms with Gasteiger partial charge in [-0.3, -0.25) is 4.79 Å². The second-order valence-corrected chi connectivity index (χ2v) is 9.37. The molecule has 1 N–H and O–H groups in total. The molecule has 4 aromatic carbocycles. The van der Waals surface area contributed by atoms with Crippen molar-refractivity contribution >= 4 is 11.9 Å². The summed E-state index contributed by atoms with van der Waals surface area (Å²) in [5.41, 5.74) is 2.82. The van der Waals surface area contributed by atoms with Gasteiger partial charge in [-0.1, -0.05) is 78.9 Å². The molecular weight excluding hydrogens is 513 g/mol. The molecule has 204 valence electrons. The van der Waals surface area contributed by atoms with Gasteiger partial charge in [0.2, 0.25) is 6.10 Å². The predicted octanol–water partition coefficient (Wildman–Crippen LogP) is 5.57. The van der Waals surface area contributed by atoms with Crippen LogP contribution in [0.2, 0.25) is 0 Å². The van der Waals surface area contributed by atoms with Crippen molar-refractivity contribution in [1.29, 1.82) is 0 Å². The topological polar surface area (TPSA) is 85.3 Å². The second kappa shape index (κ2) is 11.9. The van der Waals surface area contributed by atoms with Crippen molar-refractivity contribution in [3.8, 4) is 17.2 Å². The summed E-state index contributed by atoms with van der Waals surface area (Å²) >= 11 is 0. The van der Waals surface area contributed by atoms with Gasteiger partial charge in [0.05, 0.1) is 7.11 Å². The maximum atomic E-state index is 14.5. The normalized spacial score (nSPS) is 15.1. The number of amides is 1. The van der Waals surface area contributed by atoms with E-state index in [1.165, 1.54) is 30.2 Å². The number of carboxylic acids is 1. The maximum Gasteiger partial charge on any atom is 0.326 e. The van der Waals surface area contributed by atoms with Crippen LogP contribution in [0.3, 0.4) is 0 Å². The van der Waals surface area contributed by atoms with Crippen LogP contribution in [0.25, 0.3) is 0 Å². The number of fused-ring (bicyclic) bond motifs is 1. The quantitative estimate of drug-likeness (QED) is 0.298. The molecule has 0 saturated heterocycles. The lowest BCUT2D eigenvalue weighted by atomic mass is 9.91. The lowest BCUT2D eigenvalue weighted by Gasteiger charge is -2.37. The highest BCUT2D eigenvalue weighted by molar-refractivity contribution is 5.88. The fourth-order valence-electron chi connectivity index (χ4n) is 4.82. The Kier molecular flexibility index (Phi) is 7.96. The summed E-state index contributed by atoms with van der Waals surface area (Å²) in [4.78, 5) is 27.8. The monoisotopic (exact) mass is 541 g/mol. The number of rotatable bonds is 9. The smallest absolute Gasteiger partial charge is 0.326 e. The summed E-state index contributed by atoms with van der Waals surface area (Å²) in [6.07, 6.45) is -1.26. The SMILES string of the molecule is COc1ccc2c(c1OCc1ccccc1)C[C@@H](C(=O)O)N(C(=O)[C@@H](Oc1ccccc1F)c1ccccc1)C2. The molecule has 0 bridgehead atoms. The molecule has 1 aliphatic rings. The third kappa shape index (κ3) is 5.61. The lowest BCUT2D eigenvalue weighted by Crippen LogP contribution is -2.51. The van der Waals surface area contributed by atoms with Gasteiger partial charge in [0.1, 0.15) is 12.6 Å². The van der Waals surface area contributed by atoms with Crippen LogP contribution in [0, 0.1) is 5.82 Å². The first-order valence-corrected chi connectivity index (χ1v) is 12.8. The molecule has 0 spiro atoms. The van der Waals surface area contributed by atoms with Gasteiger partial charge >= 0.3 is 5.97 Å². The Hall–Kier alpha value is -4.85. The summed E-state index contributed by atoms with van der Waals surface area (Å²) in [7, 11) is 1.52. The first kappa shape index (κ1) is 26.7. The number of halogens is 1. The first-order valence-electron chi connectivity index (χ1n) is 12.8. The molecule has 4 aromatic rings. The van der Waals surface area contributed by atoms with E-state index in [1.807, 2.05) is 30.3 Å². The van der Waals surface area contributed by atoms with Crippen molar-refractivity contribution in [2.24, 2.45) is 0 Å². The Bertz CT molecular complexity index is 1490. The van der Waals surface area contributed by atoms with E-state index in [4.69, 9.17) is 14.2 Å². The standard InChI is InChI=1S/C32H28FNO6/c1-38-28-17-16-23-19-34(26(32(36)37)18-24(23)30(28)39-20-21-10-4-2-5-11-21)31(35)29(22-12-6-3-7-13-22)40-27-15-9-8-14-25(27)33/h2-17,26,29H,18-20H2,1H3,(H,36,37)/t26-,29-/m0/s1. The van der Waals surface area contributed by atoms with Gasteiger partial charge in [0.15, 0.2) is 23.1 Å². The van der Waals surface area contributed by atoms with E-state index in [-0.39, 0.29) is 25.3 Å². The maximum absolute atomic E-state index is 14.5. The molecule has 40 heavy (non-hydrogen) atoms. The number of ether oxygens (including phenoxy) is 3. The Morgan fingerprint density at radius 3 is 2.27 bits per heavy atom. The molecule has 1 amide bonds. The van der Waals surface area contributed by atoms with Crippen molar-refractivity contribution in [3.05, 3.63) is 125 Å². The fraction of sp³-hybridized carbons (Fsp3) is 0.188. The third-order valence-electron chi connectivity index (χ3n) is 6.86. The number of para-hydroxylation sites is 1. The number of hydrogen-bond donors (Lipinski definition) is 1. The van der Waals surface area contributed by atoms with Crippen molar-refractivity contribution in [3.63, 3.8) is 0 Å². The lowest BCUT2D eigenvalue weighted by molar-refractivity contribution is -0.155. The Morgan fingerprint density at radius 1 is 0.925 bits per heavy atom. The van der Waals surface area contributed by atoms with Crippen LogP contribution >= 0.6 is 0 Å². The third-order valence-corrected chi connectivity index (χ3v) is 6.86. The fourth-order valence-corrected chi connectivity index (χ4v) is 4.82. The molecule has 5 rings (SSSR count). The van der Waals surface area contributed by atoms with Crippen molar-refractivity contribution < 1.29 is 33.3 Å². The highest BCUT2D eigenvalue weighted by Gasteiger charge is 2.40. The van der Waals surface area contributed by atoms with Crippen LogP contribution < -0.4 is 14.2 Å². The molecule has 0 aromatic heterocycles. The van der Waals surface area contributed by atoms with Gasteiger partial charge in [-0.2, -0.15) is 0 Å². The van der Waals surface area contributed by atoms with Gasteiger partial charge < -0.3 is 24.2 Å². The van der Waals surface area contributed by atoms with Crippen molar-refractivity contribution in [2.45, 2.75) is 31.7 Å².